The predicted molar refractivity (Wildman–Crippen MR) is 119 cm³/mol. The summed E-state index contributed by atoms with van der Waals surface area (Å²) in [6.45, 7) is 3.58. The fourth-order valence-corrected chi connectivity index (χ4v) is 4.54. The number of amides is 1. The van der Waals surface area contributed by atoms with Crippen LogP contribution >= 0.6 is 11.3 Å². The van der Waals surface area contributed by atoms with Crippen LogP contribution < -0.4 is 21.3 Å². The van der Waals surface area contributed by atoms with Crippen LogP contribution in [0.3, 0.4) is 0 Å². The molecule has 0 radical (unpaired) electrons. The fourth-order valence-electron chi connectivity index (χ4n) is 3.70. The van der Waals surface area contributed by atoms with Gasteiger partial charge in [0.15, 0.2) is 0 Å². The Balaban J connectivity index is 1.60. The van der Waals surface area contributed by atoms with Crippen LogP contribution in [0.25, 0.3) is 10.2 Å². The summed E-state index contributed by atoms with van der Waals surface area (Å²) in [5.74, 6) is 0.448. The van der Waals surface area contributed by atoms with E-state index in [0.717, 1.165) is 24.2 Å². The number of nitrogens with zero attached hydrogens (tertiary/aromatic N) is 2. The minimum Gasteiger partial charge on any atom is -0.494 e. The molecular weight excluding hydrogens is 418 g/mol. The molecule has 9 heteroatoms. The number of benzene rings is 1. The first-order chi connectivity index (χ1) is 15.1. The molecule has 1 atom stereocenters. The molecule has 2 aromatic heterocycles. The van der Waals surface area contributed by atoms with Gasteiger partial charge < -0.3 is 14.8 Å². The Morgan fingerprint density at radius 1 is 1.23 bits per heavy atom. The van der Waals surface area contributed by atoms with E-state index in [-0.39, 0.29) is 30.7 Å². The van der Waals surface area contributed by atoms with Gasteiger partial charge in [-0.3, -0.25) is 18.7 Å². The summed E-state index contributed by atoms with van der Waals surface area (Å²) in [5, 5.41) is 4.60. The van der Waals surface area contributed by atoms with Gasteiger partial charge in [-0.05, 0) is 48.9 Å². The average molecular weight is 444 g/mol. The Labute approximate surface area is 183 Å². The van der Waals surface area contributed by atoms with Crippen molar-refractivity contribution in [1.82, 2.24) is 14.5 Å². The summed E-state index contributed by atoms with van der Waals surface area (Å²) in [6, 6.07) is 8.98. The molecule has 1 amide bonds. The average Bonchev–Trinajstić information content (AvgIpc) is 3.46. The molecular formula is C22H25N3O5S. The van der Waals surface area contributed by atoms with Crippen LogP contribution in [0, 0.1) is 0 Å². The van der Waals surface area contributed by atoms with Gasteiger partial charge in [-0.15, -0.1) is 11.3 Å². The molecule has 1 aliphatic rings. The molecule has 3 aromatic rings. The SMILES string of the molecule is CCOc1ccc(Cn2c(=O)c3sccc3n(CC(=O)NC[C@H]3CCCO3)c2=O)cc1. The van der Waals surface area contributed by atoms with E-state index in [1.165, 1.54) is 20.5 Å². The van der Waals surface area contributed by atoms with Gasteiger partial charge in [0.25, 0.3) is 5.56 Å². The van der Waals surface area contributed by atoms with Crippen molar-refractivity contribution in [1.29, 1.82) is 0 Å². The van der Waals surface area contributed by atoms with E-state index in [2.05, 4.69) is 5.32 Å². The van der Waals surface area contributed by atoms with Crippen molar-refractivity contribution in [3.63, 3.8) is 0 Å². The zero-order chi connectivity index (χ0) is 21.8. The number of rotatable bonds is 8. The third-order valence-electron chi connectivity index (χ3n) is 5.26. The Kier molecular flexibility index (Phi) is 6.53. The summed E-state index contributed by atoms with van der Waals surface area (Å²) in [5.41, 5.74) is 0.431. The maximum absolute atomic E-state index is 13.2. The fraction of sp³-hybridized carbons (Fsp3) is 0.409. The number of ether oxygens (including phenoxy) is 2. The first-order valence-electron chi connectivity index (χ1n) is 10.4. The molecule has 1 aliphatic heterocycles. The van der Waals surface area contributed by atoms with Gasteiger partial charge in [-0.25, -0.2) is 4.79 Å². The van der Waals surface area contributed by atoms with Crippen LogP contribution in [0.1, 0.15) is 25.3 Å². The zero-order valence-electron chi connectivity index (χ0n) is 17.3. The van der Waals surface area contributed by atoms with E-state index >= 15 is 0 Å². The molecule has 1 fully saturated rings. The first-order valence-corrected chi connectivity index (χ1v) is 11.3. The van der Waals surface area contributed by atoms with Crippen molar-refractivity contribution in [2.24, 2.45) is 0 Å². The molecule has 4 rings (SSSR count). The van der Waals surface area contributed by atoms with Gasteiger partial charge >= 0.3 is 5.69 Å². The van der Waals surface area contributed by atoms with E-state index in [4.69, 9.17) is 9.47 Å². The third kappa shape index (κ3) is 4.72. The van der Waals surface area contributed by atoms with E-state index in [9.17, 15) is 14.4 Å². The summed E-state index contributed by atoms with van der Waals surface area (Å²) in [4.78, 5) is 38.6. The van der Waals surface area contributed by atoms with Crippen molar-refractivity contribution >= 4 is 27.5 Å². The van der Waals surface area contributed by atoms with Gasteiger partial charge in [0, 0.05) is 13.2 Å². The lowest BCUT2D eigenvalue weighted by atomic mass is 10.2. The minimum absolute atomic E-state index is 0.0236. The lowest BCUT2D eigenvalue weighted by Gasteiger charge is -2.14. The standard InChI is InChI=1S/C22H25N3O5S/c1-2-29-16-7-5-15(6-8-16)13-25-21(27)20-18(9-11-31-20)24(22(25)28)14-19(26)23-12-17-4-3-10-30-17/h5-9,11,17H,2-4,10,12-14H2,1H3,(H,23,26)/t17-/m1/s1. The molecule has 0 bridgehead atoms. The largest absolute Gasteiger partial charge is 0.494 e. The molecule has 0 unspecified atom stereocenters. The van der Waals surface area contributed by atoms with Crippen molar-refractivity contribution in [3.05, 3.63) is 62.1 Å². The van der Waals surface area contributed by atoms with Crippen LogP contribution in [-0.4, -0.2) is 40.9 Å². The Bertz CT molecular complexity index is 1170. The number of fused-ring (bicyclic) bond motifs is 1. The molecule has 164 valence electrons. The predicted octanol–water partition coefficient (Wildman–Crippen LogP) is 1.97. The molecule has 0 saturated carbocycles. The van der Waals surface area contributed by atoms with Gasteiger partial charge in [0.05, 0.1) is 24.8 Å². The first kappa shape index (κ1) is 21.3. The second-order valence-corrected chi connectivity index (χ2v) is 8.33. The lowest BCUT2D eigenvalue weighted by Crippen LogP contribution is -2.43. The maximum atomic E-state index is 13.2. The van der Waals surface area contributed by atoms with Gasteiger partial charge in [0.1, 0.15) is 17.0 Å². The Morgan fingerprint density at radius 2 is 2.03 bits per heavy atom. The molecule has 1 saturated heterocycles. The second-order valence-electron chi connectivity index (χ2n) is 7.41. The number of nitrogens with one attached hydrogen (secondary N) is 1. The van der Waals surface area contributed by atoms with Crippen molar-refractivity contribution in [3.8, 4) is 5.75 Å². The van der Waals surface area contributed by atoms with Crippen molar-refractivity contribution < 1.29 is 14.3 Å². The number of hydrogen-bond acceptors (Lipinski definition) is 6. The molecule has 8 nitrogen and oxygen atoms in total. The summed E-state index contributed by atoms with van der Waals surface area (Å²) < 4.78 is 14.0. The summed E-state index contributed by atoms with van der Waals surface area (Å²) in [7, 11) is 0. The lowest BCUT2D eigenvalue weighted by molar-refractivity contribution is -0.122. The van der Waals surface area contributed by atoms with Crippen molar-refractivity contribution in [2.75, 3.05) is 19.8 Å². The van der Waals surface area contributed by atoms with Gasteiger partial charge in [0.2, 0.25) is 5.91 Å². The maximum Gasteiger partial charge on any atom is 0.332 e. The minimum atomic E-state index is -0.503. The number of aromatic nitrogens is 2. The van der Waals surface area contributed by atoms with E-state index < -0.39 is 5.69 Å². The van der Waals surface area contributed by atoms with Crippen LogP contribution in [-0.2, 0) is 22.6 Å². The van der Waals surface area contributed by atoms with E-state index in [1.54, 1.807) is 11.4 Å². The number of thiophene rings is 1. The monoisotopic (exact) mass is 443 g/mol. The molecule has 1 N–H and O–H groups in total. The normalized spacial score (nSPS) is 16.0. The molecule has 3 heterocycles. The summed E-state index contributed by atoms with van der Waals surface area (Å²) >= 11 is 1.27. The number of carbonyl (C=O) groups excluding carboxylic acids is 1. The molecule has 1 aromatic carbocycles. The number of carbonyl (C=O) groups is 1. The second kappa shape index (κ2) is 9.49. The van der Waals surface area contributed by atoms with Gasteiger partial charge in [-0.2, -0.15) is 0 Å². The Morgan fingerprint density at radius 3 is 2.74 bits per heavy atom. The number of hydrogen-bond donors (Lipinski definition) is 1. The molecule has 31 heavy (non-hydrogen) atoms. The van der Waals surface area contributed by atoms with Crippen LogP contribution in [0.4, 0.5) is 0 Å². The zero-order valence-corrected chi connectivity index (χ0v) is 18.2. The Hall–Kier alpha value is -2.91. The highest BCUT2D eigenvalue weighted by Crippen LogP contribution is 2.17. The topological polar surface area (TPSA) is 91.6 Å². The van der Waals surface area contributed by atoms with E-state index in [0.29, 0.717) is 30.0 Å². The van der Waals surface area contributed by atoms with Crippen molar-refractivity contribution in [2.45, 2.75) is 39.0 Å². The third-order valence-corrected chi connectivity index (χ3v) is 6.16. The quantitative estimate of drug-likeness (QED) is 0.575. The highest BCUT2D eigenvalue weighted by molar-refractivity contribution is 7.17. The van der Waals surface area contributed by atoms with Crippen LogP contribution in [0.15, 0.2) is 45.3 Å². The highest BCUT2D eigenvalue weighted by atomic mass is 32.1. The smallest absolute Gasteiger partial charge is 0.332 e. The van der Waals surface area contributed by atoms with Gasteiger partial charge in [-0.1, -0.05) is 12.1 Å². The highest BCUT2D eigenvalue weighted by Gasteiger charge is 2.19. The molecule has 0 aliphatic carbocycles. The van der Waals surface area contributed by atoms with Crippen LogP contribution in [0.5, 0.6) is 5.75 Å². The molecule has 0 spiro atoms. The summed E-state index contributed by atoms with van der Waals surface area (Å²) in [6.07, 6.45) is 1.93. The van der Waals surface area contributed by atoms with E-state index in [1.807, 2.05) is 31.2 Å². The van der Waals surface area contributed by atoms with Crippen LogP contribution in [0.2, 0.25) is 0 Å².